The van der Waals surface area contributed by atoms with E-state index in [1.807, 2.05) is 33.8 Å². The highest BCUT2D eigenvalue weighted by Crippen LogP contribution is 2.03. The molecule has 2 amide bonds. The summed E-state index contributed by atoms with van der Waals surface area (Å²) in [6.45, 7) is 7.10. The minimum absolute atomic E-state index is 0.00206. The number of carbonyl (C=O) groups is 3. The molecule has 0 saturated heterocycles. The average molecular weight is 320 g/mol. The smallest absolute Gasteiger partial charge is 0.325 e. The van der Waals surface area contributed by atoms with Crippen molar-refractivity contribution < 1.29 is 19.1 Å². The number of esters is 1. The molecule has 0 aliphatic rings. The number of rotatable bonds is 7. The molecule has 6 nitrogen and oxygen atoms in total. The summed E-state index contributed by atoms with van der Waals surface area (Å²) in [5, 5.41) is 5.19. The molecule has 2 N–H and O–H groups in total. The van der Waals surface area contributed by atoms with Crippen molar-refractivity contribution in [1.29, 1.82) is 0 Å². The standard InChI is InChI=1S/C17H24N2O4/c1-11(2)13(4)19-15(20)10-23-16(21)9-18-17(22)14-7-5-6-12(3)8-14/h5-8,11,13H,9-10H2,1-4H3,(H,18,22)(H,19,20). The lowest BCUT2D eigenvalue weighted by atomic mass is 10.1. The number of carbonyl (C=O) groups excluding carboxylic acids is 3. The highest BCUT2D eigenvalue weighted by Gasteiger charge is 2.13. The van der Waals surface area contributed by atoms with Crippen LogP contribution in [0.15, 0.2) is 24.3 Å². The topological polar surface area (TPSA) is 84.5 Å². The Morgan fingerprint density at radius 1 is 1.17 bits per heavy atom. The third-order valence-corrected chi connectivity index (χ3v) is 3.43. The summed E-state index contributed by atoms with van der Waals surface area (Å²) in [6, 6.07) is 7.03. The van der Waals surface area contributed by atoms with E-state index in [4.69, 9.17) is 4.74 Å². The van der Waals surface area contributed by atoms with E-state index in [0.717, 1.165) is 5.56 Å². The van der Waals surface area contributed by atoms with Crippen molar-refractivity contribution in [1.82, 2.24) is 10.6 Å². The van der Waals surface area contributed by atoms with Crippen LogP contribution < -0.4 is 10.6 Å². The predicted molar refractivity (Wildman–Crippen MR) is 86.9 cm³/mol. The molecule has 0 aromatic heterocycles. The van der Waals surface area contributed by atoms with E-state index in [0.29, 0.717) is 11.5 Å². The Kier molecular flexibility index (Phi) is 7.25. The van der Waals surface area contributed by atoms with Crippen molar-refractivity contribution in [2.24, 2.45) is 5.92 Å². The monoisotopic (exact) mass is 320 g/mol. The molecule has 0 saturated carbocycles. The second-order valence-corrected chi connectivity index (χ2v) is 5.81. The summed E-state index contributed by atoms with van der Waals surface area (Å²) >= 11 is 0. The quantitative estimate of drug-likeness (QED) is 0.744. The number of ether oxygens (including phenoxy) is 1. The van der Waals surface area contributed by atoms with Gasteiger partial charge in [0.05, 0.1) is 0 Å². The van der Waals surface area contributed by atoms with Gasteiger partial charge < -0.3 is 15.4 Å². The SMILES string of the molecule is Cc1cccc(C(=O)NCC(=O)OCC(=O)NC(C)C(C)C)c1. The first-order valence-corrected chi connectivity index (χ1v) is 7.59. The number of aryl methyl sites for hydroxylation is 1. The maximum Gasteiger partial charge on any atom is 0.325 e. The number of nitrogens with one attached hydrogen (secondary N) is 2. The largest absolute Gasteiger partial charge is 0.454 e. The molecule has 0 radical (unpaired) electrons. The van der Waals surface area contributed by atoms with Crippen molar-refractivity contribution in [3.8, 4) is 0 Å². The molecule has 6 heteroatoms. The van der Waals surface area contributed by atoms with Gasteiger partial charge in [0, 0.05) is 11.6 Å². The van der Waals surface area contributed by atoms with E-state index in [2.05, 4.69) is 10.6 Å². The van der Waals surface area contributed by atoms with Gasteiger partial charge in [0.15, 0.2) is 6.61 Å². The Morgan fingerprint density at radius 3 is 2.48 bits per heavy atom. The molecule has 0 aliphatic heterocycles. The fourth-order valence-electron chi connectivity index (χ4n) is 1.70. The lowest BCUT2D eigenvalue weighted by Crippen LogP contribution is -2.39. The molecule has 0 spiro atoms. The van der Waals surface area contributed by atoms with Crippen LogP contribution in [0.1, 0.15) is 36.7 Å². The molecule has 0 heterocycles. The van der Waals surface area contributed by atoms with Gasteiger partial charge in [-0.25, -0.2) is 0 Å². The summed E-state index contributed by atoms with van der Waals surface area (Å²) in [6.07, 6.45) is 0. The molecule has 1 aromatic rings. The first-order chi connectivity index (χ1) is 10.8. The van der Waals surface area contributed by atoms with Gasteiger partial charge >= 0.3 is 5.97 Å². The number of amides is 2. The van der Waals surface area contributed by atoms with Crippen LogP contribution in [0.2, 0.25) is 0 Å². The van der Waals surface area contributed by atoms with Gasteiger partial charge in [-0.3, -0.25) is 14.4 Å². The second-order valence-electron chi connectivity index (χ2n) is 5.81. The second kappa shape index (κ2) is 8.92. The number of hydrogen-bond donors (Lipinski definition) is 2. The fourth-order valence-corrected chi connectivity index (χ4v) is 1.70. The maximum absolute atomic E-state index is 11.9. The van der Waals surface area contributed by atoms with Gasteiger partial charge in [-0.15, -0.1) is 0 Å². The van der Waals surface area contributed by atoms with E-state index >= 15 is 0 Å². The zero-order chi connectivity index (χ0) is 17.4. The molecule has 0 bridgehead atoms. The van der Waals surface area contributed by atoms with Gasteiger partial charge in [-0.1, -0.05) is 31.5 Å². The Morgan fingerprint density at radius 2 is 1.87 bits per heavy atom. The van der Waals surface area contributed by atoms with E-state index < -0.39 is 5.97 Å². The van der Waals surface area contributed by atoms with Crippen molar-refractivity contribution in [2.75, 3.05) is 13.2 Å². The van der Waals surface area contributed by atoms with Gasteiger partial charge in [-0.2, -0.15) is 0 Å². The molecule has 1 atom stereocenters. The Labute approximate surface area is 136 Å². The highest BCUT2D eigenvalue weighted by molar-refractivity contribution is 5.96. The summed E-state index contributed by atoms with van der Waals surface area (Å²) in [5.41, 5.74) is 1.43. The van der Waals surface area contributed by atoms with Crippen LogP contribution in [-0.4, -0.2) is 37.0 Å². The average Bonchev–Trinajstić information content (AvgIpc) is 2.50. The lowest BCUT2D eigenvalue weighted by molar-refractivity contribution is -0.147. The van der Waals surface area contributed by atoms with Crippen LogP contribution in [0.3, 0.4) is 0 Å². The minimum atomic E-state index is -0.654. The van der Waals surface area contributed by atoms with Crippen molar-refractivity contribution >= 4 is 17.8 Å². The van der Waals surface area contributed by atoms with Gasteiger partial charge in [0.2, 0.25) is 0 Å². The summed E-state index contributed by atoms with van der Waals surface area (Å²) < 4.78 is 4.83. The molecule has 0 fully saturated rings. The van der Waals surface area contributed by atoms with Gasteiger partial charge in [0.25, 0.3) is 11.8 Å². The van der Waals surface area contributed by atoms with E-state index in [1.165, 1.54) is 0 Å². The molecule has 0 aliphatic carbocycles. The minimum Gasteiger partial charge on any atom is -0.454 e. The van der Waals surface area contributed by atoms with Crippen molar-refractivity contribution in [3.63, 3.8) is 0 Å². The van der Waals surface area contributed by atoms with E-state index in [9.17, 15) is 14.4 Å². The first-order valence-electron chi connectivity index (χ1n) is 7.59. The highest BCUT2D eigenvalue weighted by atomic mass is 16.5. The van der Waals surface area contributed by atoms with Crippen LogP contribution in [0.25, 0.3) is 0 Å². The van der Waals surface area contributed by atoms with Crippen LogP contribution >= 0.6 is 0 Å². The van der Waals surface area contributed by atoms with Gasteiger partial charge in [0.1, 0.15) is 6.54 Å². The lowest BCUT2D eigenvalue weighted by Gasteiger charge is -2.17. The molecule has 1 aromatic carbocycles. The van der Waals surface area contributed by atoms with Crippen LogP contribution in [0.5, 0.6) is 0 Å². The maximum atomic E-state index is 11.9. The zero-order valence-electron chi connectivity index (χ0n) is 14.0. The van der Waals surface area contributed by atoms with Crippen LogP contribution in [0, 0.1) is 12.8 Å². The van der Waals surface area contributed by atoms with Crippen molar-refractivity contribution in [2.45, 2.75) is 33.7 Å². The Balaban J connectivity index is 2.32. The number of benzene rings is 1. The molecular formula is C17H24N2O4. The first kappa shape index (κ1) is 18.7. The number of hydrogen-bond acceptors (Lipinski definition) is 4. The zero-order valence-corrected chi connectivity index (χ0v) is 14.0. The third-order valence-electron chi connectivity index (χ3n) is 3.43. The summed E-state index contributed by atoms with van der Waals surface area (Å²) in [7, 11) is 0. The Hall–Kier alpha value is -2.37. The van der Waals surface area contributed by atoms with E-state index in [1.54, 1.807) is 18.2 Å². The van der Waals surface area contributed by atoms with Crippen molar-refractivity contribution in [3.05, 3.63) is 35.4 Å². The fraction of sp³-hybridized carbons (Fsp3) is 0.471. The van der Waals surface area contributed by atoms with Crippen LogP contribution in [-0.2, 0) is 14.3 Å². The molecule has 126 valence electrons. The van der Waals surface area contributed by atoms with Crippen LogP contribution in [0.4, 0.5) is 0 Å². The Bertz CT molecular complexity index is 569. The molecule has 1 unspecified atom stereocenters. The summed E-state index contributed by atoms with van der Waals surface area (Å²) in [4.78, 5) is 35.0. The van der Waals surface area contributed by atoms with E-state index in [-0.39, 0.29) is 31.0 Å². The molecular weight excluding hydrogens is 296 g/mol. The summed E-state index contributed by atoms with van der Waals surface area (Å²) in [5.74, 6) is -1.07. The van der Waals surface area contributed by atoms with Gasteiger partial charge in [-0.05, 0) is 31.9 Å². The third kappa shape index (κ3) is 6.95. The molecule has 1 rings (SSSR count). The predicted octanol–water partition coefficient (Wildman–Crippen LogP) is 1.43. The molecule has 23 heavy (non-hydrogen) atoms. The normalized spacial score (nSPS) is 11.7.